The van der Waals surface area contributed by atoms with E-state index in [0.717, 1.165) is 11.8 Å². The molecule has 18 heavy (non-hydrogen) atoms. The first-order chi connectivity index (χ1) is 8.47. The predicted molar refractivity (Wildman–Crippen MR) is 73.5 cm³/mol. The predicted octanol–water partition coefficient (Wildman–Crippen LogP) is 2.51. The van der Waals surface area contributed by atoms with E-state index in [2.05, 4.69) is 53.1 Å². The first kappa shape index (κ1) is 15.2. The molecule has 1 aromatic rings. The van der Waals surface area contributed by atoms with Crippen LogP contribution < -0.4 is 0 Å². The van der Waals surface area contributed by atoms with Gasteiger partial charge in [-0.3, -0.25) is 0 Å². The number of hydrogen-bond acceptors (Lipinski definition) is 5. The van der Waals surface area contributed by atoms with E-state index in [9.17, 15) is 0 Å². The Hall–Kier alpha value is -0.890. The van der Waals surface area contributed by atoms with Gasteiger partial charge in [0.05, 0.1) is 10.4 Å². The molecule has 0 spiro atoms. The second kappa shape index (κ2) is 6.89. The Morgan fingerprint density at radius 1 is 1.72 bits per heavy atom. The first-order valence-corrected chi connectivity index (χ1v) is 7.45. The van der Waals surface area contributed by atoms with E-state index in [0.29, 0.717) is 4.08 Å². The summed E-state index contributed by atoms with van der Waals surface area (Å²) in [6.07, 6.45) is 7.06. The highest BCUT2D eigenvalue weighted by molar-refractivity contribution is 8.21. The Bertz CT molecular complexity index is 370. The van der Waals surface area contributed by atoms with E-state index in [1.165, 1.54) is 12.2 Å². The fourth-order valence-electron chi connectivity index (χ4n) is 1.74. The molecule has 0 bridgehead atoms. The average Bonchev–Trinajstić information content (AvgIpc) is 2.89. The zero-order valence-corrected chi connectivity index (χ0v) is 12.0. The molecule has 102 valence electrons. The van der Waals surface area contributed by atoms with Gasteiger partial charge in [-0.05, 0) is 6.42 Å². The number of imidazole rings is 1. The minimum absolute atomic E-state index is 0.389. The molecule has 0 aliphatic carbocycles. The summed E-state index contributed by atoms with van der Waals surface area (Å²) in [4.78, 5) is 12.5. The van der Waals surface area contributed by atoms with Crippen molar-refractivity contribution in [2.45, 2.75) is 36.1 Å². The van der Waals surface area contributed by atoms with Crippen LogP contribution in [0.4, 0.5) is 0 Å². The number of nitrogens with zero attached hydrogens (tertiary/aromatic N) is 3. The Balaban J connectivity index is 0.000000357. The molecule has 0 amide bonds. The molecule has 1 aliphatic rings. The van der Waals surface area contributed by atoms with Crippen molar-refractivity contribution in [3.05, 3.63) is 28.8 Å². The molecule has 8 heteroatoms. The largest absolute Gasteiger partial charge is 0.335 e. The molecule has 1 aliphatic heterocycles. The van der Waals surface area contributed by atoms with Crippen LogP contribution in [0.25, 0.3) is 0 Å². The monoisotopic (exact) mass is 291 g/mol. The van der Waals surface area contributed by atoms with Crippen molar-refractivity contribution in [1.29, 1.82) is 0 Å². The Kier molecular flexibility index (Phi) is 5.80. The van der Waals surface area contributed by atoms with Crippen molar-refractivity contribution < 1.29 is 10.3 Å². The van der Waals surface area contributed by atoms with E-state index in [1.807, 2.05) is 12.5 Å². The molecule has 1 saturated heterocycles. The van der Waals surface area contributed by atoms with Gasteiger partial charge in [0, 0.05) is 29.9 Å². The van der Waals surface area contributed by atoms with Crippen LogP contribution in [0.3, 0.4) is 0 Å². The highest BCUT2D eigenvalue weighted by Crippen LogP contribution is 2.50. The van der Waals surface area contributed by atoms with Gasteiger partial charge in [0.25, 0.3) is 5.09 Å². The van der Waals surface area contributed by atoms with Crippen molar-refractivity contribution >= 4 is 23.5 Å². The maximum Gasteiger partial charge on any atom is 0.291 e. The third-order valence-electron chi connectivity index (χ3n) is 2.52. The van der Waals surface area contributed by atoms with Crippen molar-refractivity contribution in [3.63, 3.8) is 0 Å². The second-order valence-electron chi connectivity index (χ2n) is 3.98. The van der Waals surface area contributed by atoms with Crippen molar-refractivity contribution in [1.82, 2.24) is 9.55 Å². The summed E-state index contributed by atoms with van der Waals surface area (Å²) in [5.41, 5.74) is 0. The third kappa shape index (κ3) is 4.77. The van der Waals surface area contributed by atoms with Gasteiger partial charge in [0.15, 0.2) is 0 Å². The summed E-state index contributed by atoms with van der Waals surface area (Å²) in [6, 6.07) is 0. The number of thioether (sulfide) groups is 2. The van der Waals surface area contributed by atoms with Gasteiger partial charge in [0.1, 0.15) is 0 Å². The summed E-state index contributed by atoms with van der Waals surface area (Å²) in [7, 11) is 0. The van der Waals surface area contributed by atoms with Crippen LogP contribution >= 0.6 is 23.5 Å². The van der Waals surface area contributed by atoms with Crippen LogP contribution in [0, 0.1) is 10.1 Å². The second-order valence-corrected chi connectivity index (χ2v) is 7.46. The molecule has 0 saturated carbocycles. The average molecular weight is 291 g/mol. The maximum atomic E-state index is 8.36. The summed E-state index contributed by atoms with van der Waals surface area (Å²) in [6.45, 7) is 5.70. The summed E-state index contributed by atoms with van der Waals surface area (Å²) < 4.78 is 2.58. The van der Waals surface area contributed by atoms with Gasteiger partial charge < -0.3 is 9.77 Å². The van der Waals surface area contributed by atoms with Gasteiger partial charge in [-0.15, -0.1) is 33.6 Å². The van der Waals surface area contributed by atoms with Crippen molar-refractivity contribution in [2.75, 3.05) is 5.75 Å². The van der Waals surface area contributed by atoms with Gasteiger partial charge in [-0.2, -0.15) is 0 Å². The molecule has 1 aromatic heterocycles. The van der Waals surface area contributed by atoms with E-state index in [1.54, 1.807) is 0 Å². The Morgan fingerprint density at radius 3 is 2.78 bits per heavy atom. The number of aromatic nitrogens is 2. The van der Waals surface area contributed by atoms with Crippen LogP contribution in [0.5, 0.6) is 0 Å². The minimum atomic E-state index is -1.50. The van der Waals surface area contributed by atoms with E-state index >= 15 is 0 Å². The molecule has 2 atom stereocenters. The van der Waals surface area contributed by atoms with Crippen LogP contribution in [-0.2, 0) is 6.54 Å². The third-order valence-corrected chi connectivity index (χ3v) is 6.40. The lowest BCUT2D eigenvalue weighted by atomic mass is 10.3. The van der Waals surface area contributed by atoms with E-state index < -0.39 is 5.09 Å². The van der Waals surface area contributed by atoms with Gasteiger partial charge in [0.2, 0.25) is 0 Å². The lowest BCUT2D eigenvalue weighted by Crippen LogP contribution is -2.23. The Morgan fingerprint density at radius 2 is 2.39 bits per heavy atom. The summed E-state index contributed by atoms with van der Waals surface area (Å²) in [5, 5.41) is 14.4. The fourth-order valence-corrected chi connectivity index (χ4v) is 5.29. The normalized spacial score (nSPS) is 26.4. The molecular formula is C10H17N3O3S2. The lowest BCUT2D eigenvalue weighted by Gasteiger charge is -2.26. The number of hydrogen-bond donors (Lipinski definition) is 1. The van der Waals surface area contributed by atoms with E-state index in [4.69, 9.17) is 15.3 Å². The van der Waals surface area contributed by atoms with Crippen molar-refractivity contribution in [3.8, 4) is 0 Å². The quantitative estimate of drug-likeness (QED) is 0.680. The molecule has 1 N–H and O–H groups in total. The smallest absolute Gasteiger partial charge is 0.291 e. The van der Waals surface area contributed by atoms with Crippen LogP contribution in [-0.4, -0.2) is 34.9 Å². The molecule has 0 aromatic carbocycles. The molecule has 6 nitrogen and oxygen atoms in total. The summed E-state index contributed by atoms with van der Waals surface area (Å²) in [5.74, 6) is 1.28. The number of rotatable bonds is 3. The zero-order valence-electron chi connectivity index (χ0n) is 10.4. The van der Waals surface area contributed by atoms with Gasteiger partial charge >= 0.3 is 0 Å². The standard InChI is InChI=1S/C10H16N2S2.HNO3/c1-3-10(13-6-9(2)14-10)7-12-5-4-11-8-12;2-1(3)4/h4-5,8-9H,3,6-7H2,1-2H3;(H,2,3,4). The highest BCUT2D eigenvalue weighted by atomic mass is 32.2. The molecule has 2 heterocycles. The van der Waals surface area contributed by atoms with Crippen LogP contribution in [0.1, 0.15) is 20.3 Å². The van der Waals surface area contributed by atoms with Gasteiger partial charge in [-0.1, -0.05) is 13.8 Å². The molecule has 2 unspecified atom stereocenters. The highest BCUT2D eigenvalue weighted by Gasteiger charge is 2.37. The van der Waals surface area contributed by atoms with Crippen molar-refractivity contribution in [2.24, 2.45) is 0 Å². The SMILES string of the molecule is CCC1(Cn2ccnc2)SCC(C)S1.O=[N+]([O-])O. The topological polar surface area (TPSA) is 81.2 Å². The molecule has 1 fully saturated rings. The van der Waals surface area contributed by atoms with E-state index in [-0.39, 0.29) is 0 Å². The molecule has 2 rings (SSSR count). The first-order valence-electron chi connectivity index (χ1n) is 5.58. The molecular weight excluding hydrogens is 274 g/mol. The Labute approximate surface area is 114 Å². The lowest BCUT2D eigenvalue weighted by molar-refractivity contribution is -0.742. The molecule has 0 radical (unpaired) electrons. The fraction of sp³-hybridized carbons (Fsp3) is 0.700. The minimum Gasteiger partial charge on any atom is -0.335 e. The van der Waals surface area contributed by atoms with Crippen LogP contribution in [0.2, 0.25) is 0 Å². The summed E-state index contributed by atoms with van der Waals surface area (Å²) >= 11 is 4.24. The zero-order chi connectivity index (χ0) is 13.6. The van der Waals surface area contributed by atoms with Gasteiger partial charge in [-0.25, -0.2) is 4.98 Å². The van der Waals surface area contributed by atoms with Crippen LogP contribution in [0.15, 0.2) is 18.7 Å². The maximum absolute atomic E-state index is 8.36.